The highest BCUT2D eigenvalue weighted by Crippen LogP contribution is 2.51. The fourth-order valence-electron chi connectivity index (χ4n) is 6.55. The molecule has 4 atom stereocenters. The number of fused-ring (bicyclic) bond motifs is 2. The summed E-state index contributed by atoms with van der Waals surface area (Å²) in [6.07, 6.45) is -0.247. The summed E-state index contributed by atoms with van der Waals surface area (Å²) in [6, 6.07) is 0. The average Bonchev–Trinajstić information content (AvgIpc) is 3.39. The van der Waals surface area contributed by atoms with E-state index in [0.29, 0.717) is 47.6 Å². The molecule has 2 aromatic rings. The van der Waals surface area contributed by atoms with Gasteiger partial charge in [0.1, 0.15) is 18.3 Å². The first kappa shape index (κ1) is 30.3. The third-order valence-electron chi connectivity index (χ3n) is 8.94. The second-order valence-corrected chi connectivity index (χ2v) is 22.6. The molecule has 39 heavy (non-hydrogen) atoms. The van der Waals surface area contributed by atoms with Gasteiger partial charge in [-0.15, -0.1) is 0 Å². The highest BCUT2D eigenvalue weighted by Gasteiger charge is 2.60. The first-order valence-electron chi connectivity index (χ1n) is 14.2. The van der Waals surface area contributed by atoms with Gasteiger partial charge < -0.3 is 28.8 Å². The van der Waals surface area contributed by atoms with Gasteiger partial charge in [-0.25, -0.2) is 4.98 Å². The van der Waals surface area contributed by atoms with Crippen LogP contribution in [-0.2, 0) is 23.1 Å². The molecule has 0 amide bonds. The van der Waals surface area contributed by atoms with Gasteiger partial charge in [-0.1, -0.05) is 55.4 Å². The second kappa shape index (κ2) is 11.7. The number of hydrogen-bond donors (Lipinski definition) is 2. The van der Waals surface area contributed by atoms with Crippen molar-refractivity contribution < 1.29 is 23.1 Å². The van der Waals surface area contributed by atoms with Gasteiger partial charge in [-0.3, -0.25) is 14.3 Å². The van der Waals surface area contributed by atoms with Crippen molar-refractivity contribution in [2.75, 3.05) is 32.7 Å². The van der Waals surface area contributed by atoms with E-state index in [9.17, 15) is 4.79 Å². The van der Waals surface area contributed by atoms with Crippen molar-refractivity contribution in [3.63, 3.8) is 0 Å². The number of aromatic nitrogens is 4. The average molecular weight is 582 g/mol. The lowest BCUT2D eigenvalue weighted by Crippen LogP contribution is -2.63. The molecule has 4 rings (SSSR count). The molecule has 11 nitrogen and oxygen atoms in total. The minimum Gasteiger partial charge on any atom is -0.414 e. The molecule has 2 fully saturated rings. The molecule has 2 aliphatic heterocycles. The van der Waals surface area contributed by atoms with E-state index in [1.54, 1.807) is 18.0 Å². The van der Waals surface area contributed by atoms with Crippen LogP contribution in [0.25, 0.3) is 11.2 Å². The van der Waals surface area contributed by atoms with Crippen LogP contribution in [-0.4, -0.2) is 81.4 Å². The monoisotopic (exact) mass is 581 g/mol. The fourth-order valence-corrected chi connectivity index (χ4v) is 22.4. The Balaban J connectivity index is 1.84. The number of nitrogen functional groups attached to an aromatic ring is 1. The number of ether oxygens (including phenoxy) is 3. The van der Waals surface area contributed by atoms with Gasteiger partial charge in [0.05, 0.1) is 26.1 Å². The number of nitrogens with two attached hydrogens (primary N) is 1. The van der Waals surface area contributed by atoms with Crippen LogP contribution in [0.2, 0.25) is 27.8 Å². The van der Waals surface area contributed by atoms with Crippen molar-refractivity contribution in [1.82, 2.24) is 19.5 Å². The van der Waals surface area contributed by atoms with Crippen molar-refractivity contribution >= 4 is 33.7 Å². The van der Waals surface area contributed by atoms with Gasteiger partial charge in [-0.05, 0) is 27.8 Å². The number of hydrogen-bond acceptors (Lipinski definition) is 9. The SMILES string of the molecule is COCCOC1C2O[Si](C(C)C)(C(C)C)C[Si](C(C)C)(C(C)C)OCC2OC1n1cnc2c(=O)[nH]c(N)nc21. The molecule has 0 spiro atoms. The lowest BCUT2D eigenvalue weighted by Gasteiger charge is -2.52. The molecule has 13 heteroatoms. The quantitative estimate of drug-likeness (QED) is 0.331. The smallest absolute Gasteiger partial charge is 0.280 e. The Labute approximate surface area is 233 Å². The molecule has 0 saturated carbocycles. The first-order valence-corrected chi connectivity index (χ1v) is 18.7. The van der Waals surface area contributed by atoms with E-state index in [4.69, 9.17) is 28.8 Å². The molecule has 0 aliphatic carbocycles. The highest BCUT2D eigenvalue weighted by atomic mass is 28.4. The van der Waals surface area contributed by atoms with Crippen LogP contribution < -0.4 is 11.3 Å². The molecular formula is C26H47N5O6Si2. The zero-order valence-electron chi connectivity index (χ0n) is 24.9. The summed E-state index contributed by atoms with van der Waals surface area (Å²) in [4.78, 5) is 23.8. The summed E-state index contributed by atoms with van der Waals surface area (Å²) in [5.41, 5.74) is 8.70. The topological polar surface area (TPSA) is 136 Å². The van der Waals surface area contributed by atoms with Crippen LogP contribution in [0.15, 0.2) is 11.1 Å². The molecule has 3 N–H and O–H groups in total. The van der Waals surface area contributed by atoms with Gasteiger partial charge in [0.15, 0.2) is 34.0 Å². The number of nitrogens with one attached hydrogen (secondary N) is 1. The van der Waals surface area contributed by atoms with Gasteiger partial charge in [0, 0.05) is 7.11 Å². The van der Waals surface area contributed by atoms with Gasteiger partial charge >= 0.3 is 0 Å². The zero-order chi connectivity index (χ0) is 28.7. The normalized spacial score (nSPS) is 27.0. The Kier molecular flexibility index (Phi) is 9.11. The molecule has 2 aliphatic rings. The van der Waals surface area contributed by atoms with Crippen molar-refractivity contribution in [2.24, 2.45) is 0 Å². The summed E-state index contributed by atoms with van der Waals surface area (Å²) < 4.78 is 34.8. The number of H-pyrrole nitrogens is 1. The summed E-state index contributed by atoms with van der Waals surface area (Å²) in [7, 11) is -3.00. The maximum atomic E-state index is 12.5. The van der Waals surface area contributed by atoms with Crippen LogP contribution in [0, 0.1) is 0 Å². The minimum absolute atomic E-state index is 0.0189. The van der Waals surface area contributed by atoms with E-state index in [-0.39, 0.29) is 23.7 Å². The second-order valence-electron chi connectivity index (χ2n) is 12.3. The van der Waals surface area contributed by atoms with Gasteiger partial charge in [-0.2, -0.15) is 4.98 Å². The van der Waals surface area contributed by atoms with Crippen LogP contribution >= 0.6 is 0 Å². The first-order chi connectivity index (χ1) is 18.4. The van der Waals surface area contributed by atoms with E-state index in [2.05, 4.69) is 70.3 Å². The summed E-state index contributed by atoms with van der Waals surface area (Å²) in [6.45, 7) is 19.7. The molecule has 0 radical (unpaired) electrons. The highest BCUT2D eigenvalue weighted by molar-refractivity contribution is 6.94. The molecule has 4 heterocycles. The van der Waals surface area contributed by atoms with E-state index in [1.165, 1.54) is 0 Å². The molecule has 2 saturated heterocycles. The van der Waals surface area contributed by atoms with Crippen molar-refractivity contribution in [1.29, 1.82) is 0 Å². The predicted octanol–water partition coefficient (Wildman–Crippen LogP) is 4.12. The summed E-state index contributed by atoms with van der Waals surface area (Å²) in [5.74, 6) is 0.0189. The predicted molar refractivity (Wildman–Crippen MR) is 156 cm³/mol. The van der Waals surface area contributed by atoms with Crippen LogP contribution in [0.5, 0.6) is 0 Å². The van der Waals surface area contributed by atoms with Crippen molar-refractivity contribution in [3.8, 4) is 0 Å². The lowest BCUT2D eigenvalue weighted by atomic mass is 10.1. The number of anilines is 1. The number of rotatable bonds is 9. The van der Waals surface area contributed by atoms with E-state index in [1.807, 2.05) is 0 Å². The largest absolute Gasteiger partial charge is 0.414 e. The Morgan fingerprint density at radius 2 is 1.72 bits per heavy atom. The molecule has 0 bridgehead atoms. The van der Waals surface area contributed by atoms with Gasteiger partial charge in [0.25, 0.3) is 5.56 Å². The third kappa shape index (κ3) is 5.38. The van der Waals surface area contributed by atoms with Crippen LogP contribution in [0.1, 0.15) is 61.6 Å². The number of aromatic amines is 1. The molecule has 0 aromatic carbocycles. The maximum Gasteiger partial charge on any atom is 0.280 e. The standard InChI is InChI=1S/C26H47N5O6Si2/c1-15(2)38(16(3)4)14-39(17(5)6,18(7)8)37-21-19(12-35-38)36-25(22(21)34-11-10-33-9)31-13-28-20-23(31)29-26(27)30-24(20)32/h13,15-19,21-22,25H,10-12,14H2,1-9H3,(H3,27,29,30,32). The number of methoxy groups -OCH3 is 1. The Hall–Kier alpha value is -1.62. The Bertz CT molecular complexity index is 1170. The fraction of sp³-hybridized carbons (Fsp3) is 0.808. The Morgan fingerprint density at radius 3 is 2.31 bits per heavy atom. The van der Waals surface area contributed by atoms with Crippen LogP contribution in [0.4, 0.5) is 5.95 Å². The minimum atomic E-state index is -2.41. The van der Waals surface area contributed by atoms with E-state index >= 15 is 0 Å². The summed E-state index contributed by atoms with van der Waals surface area (Å²) >= 11 is 0. The summed E-state index contributed by atoms with van der Waals surface area (Å²) in [5, 5.41) is 0. The molecule has 4 unspecified atom stereocenters. The number of imidazole rings is 1. The van der Waals surface area contributed by atoms with E-state index < -0.39 is 34.5 Å². The maximum absolute atomic E-state index is 12.5. The van der Waals surface area contributed by atoms with Crippen molar-refractivity contribution in [3.05, 3.63) is 16.7 Å². The van der Waals surface area contributed by atoms with E-state index in [0.717, 1.165) is 5.67 Å². The molecular weight excluding hydrogens is 534 g/mol. The van der Waals surface area contributed by atoms with Gasteiger partial charge in [0.2, 0.25) is 5.95 Å². The van der Waals surface area contributed by atoms with Crippen LogP contribution in [0.3, 0.4) is 0 Å². The number of nitrogens with zero attached hydrogens (tertiary/aromatic N) is 3. The molecule has 2 aromatic heterocycles. The third-order valence-corrected chi connectivity index (χ3v) is 22.6. The van der Waals surface area contributed by atoms with Crippen molar-refractivity contribution in [2.45, 2.75) is 108 Å². The molecule has 220 valence electrons. The zero-order valence-corrected chi connectivity index (χ0v) is 26.9. The lowest BCUT2D eigenvalue weighted by molar-refractivity contribution is -0.0771. The Morgan fingerprint density at radius 1 is 1.08 bits per heavy atom.